The lowest BCUT2D eigenvalue weighted by Crippen LogP contribution is -1.88. The molecule has 1 heterocycles. The predicted molar refractivity (Wildman–Crippen MR) is 79.5 cm³/mol. The molecular weight excluding hydrogens is 287 g/mol. The van der Waals surface area contributed by atoms with Gasteiger partial charge in [-0.15, -0.1) is 11.3 Å². The minimum Gasteiger partial charge on any atom is -0.398 e. The number of para-hydroxylation sites is 1. The van der Waals surface area contributed by atoms with Crippen molar-refractivity contribution in [3.63, 3.8) is 0 Å². The van der Waals surface area contributed by atoms with Gasteiger partial charge in [-0.3, -0.25) is 0 Å². The Bertz CT molecular complexity index is 704. The molecule has 1 aromatic heterocycles. The second-order valence-electron chi connectivity index (χ2n) is 3.84. The van der Waals surface area contributed by atoms with Crippen LogP contribution < -0.4 is 5.73 Å². The highest BCUT2D eigenvalue weighted by molar-refractivity contribution is 7.21. The van der Waals surface area contributed by atoms with Crippen molar-refractivity contribution in [1.29, 1.82) is 0 Å². The molecule has 0 aliphatic rings. The van der Waals surface area contributed by atoms with E-state index in [1.165, 1.54) is 0 Å². The van der Waals surface area contributed by atoms with Crippen molar-refractivity contribution in [2.75, 3.05) is 5.73 Å². The largest absolute Gasteiger partial charge is 0.398 e. The van der Waals surface area contributed by atoms with E-state index in [0.29, 0.717) is 15.7 Å². The second-order valence-corrected chi connectivity index (χ2v) is 5.69. The molecule has 0 saturated heterocycles. The molecule has 0 saturated carbocycles. The normalized spacial score (nSPS) is 11.0. The van der Waals surface area contributed by atoms with E-state index in [1.54, 1.807) is 23.5 Å². The van der Waals surface area contributed by atoms with Crippen LogP contribution in [0.4, 0.5) is 5.69 Å². The van der Waals surface area contributed by atoms with Gasteiger partial charge in [0, 0.05) is 5.56 Å². The van der Waals surface area contributed by atoms with Gasteiger partial charge >= 0.3 is 0 Å². The molecule has 3 rings (SSSR count). The van der Waals surface area contributed by atoms with E-state index in [4.69, 9.17) is 28.9 Å². The summed E-state index contributed by atoms with van der Waals surface area (Å²) in [5, 5.41) is 1.88. The minimum absolute atomic E-state index is 0.463. The smallest absolute Gasteiger partial charge is 0.126 e. The molecule has 0 aliphatic heterocycles. The van der Waals surface area contributed by atoms with Crippen LogP contribution in [0.25, 0.3) is 20.8 Å². The zero-order valence-electron chi connectivity index (χ0n) is 9.15. The van der Waals surface area contributed by atoms with Gasteiger partial charge in [-0.05, 0) is 24.3 Å². The number of halogens is 2. The van der Waals surface area contributed by atoms with Gasteiger partial charge in [0.25, 0.3) is 0 Å². The van der Waals surface area contributed by atoms with E-state index in [2.05, 4.69) is 4.98 Å². The molecule has 0 radical (unpaired) electrons. The van der Waals surface area contributed by atoms with E-state index in [1.807, 2.05) is 24.3 Å². The zero-order valence-corrected chi connectivity index (χ0v) is 11.5. The Morgan fingerprint density at radius 1 is 1.06 bits per heavy atom. The average molecular weight is 295 g/mol. The maximum absolute atomic E-state index is 6.19. The lowest BCUT2D eigenvalue weighted by Gasteiger charge is -2.03. The third-order valence-electron chi connectivity index (χ3n) is 2.61. The van der Waals surface area contributed by atoms with Crippen molar-refractivity contribution in [2.45, 2.75) is 0 Å². The predicted octanol–water partition coefficient (Wildman–Crippen LogP) is 4.85. The molecule has 2 aromatic carbocycles. The highest BCUT2D eigenvalue weighted by Gasteiger charge is 2.11. The molecule has 0 bridgehead atoms. The average Bonchev–Trinajstić information content (AvgIpc) is 2.77. The summed E-state index contributed by atoms with van der Waals surface area (Å²) < 4.78 is 1.12. The first-order valence-corrected chi connectivity index (χ1v) is 6.83. The second kappa shape index (κ2) is 4.43. The number of hydrogen-bond donors (Lipinski definition) is 1. The van der Waals surface area contributed by atoms with E-state index >= 15 is 0 Å². The number of aromatic nitrogens is 1. The number of thiazole rings is 1. The van der Waals surface area contributed by atoms with Crippen LogP contribution in [0.1, 0.15) is 0 Å². The van der Waals surface area contributed by atoms with Gasteiger partial charge in [0.05, 0.1) is 25.9 Å². The standard InChI is InChI=1S/C13H8Cl2N2S/c14-8-6-9(15)10(16)5-7(8)13-17-11-3-1-2-4-12(11)18-13/h1-6H,16H2. The number of benzene rings is 2. The van der Waals surface area contributed by atoms with Gasteiger partial charge in [-0.1, -0.05) is 35.3 Å². The Kier molecular flexibility index (Phi) is 2.90. The van der Waals surface area contributed by atoms with Crippen molar-refractivity contribution < 1.29 is 0 Å². The molecule has 0 atom stereocenters. The van der Waals surface area contributed by atoms with Gasteiger partial charge in [-0.25, -0.2) is 4.98 Å². The Hall–Kier alpha value is -1.29. The summed E-state index contributed by atoms with van der Waals surface area (Å²) in [7, 11) is 0. The number of nitrogens with two attached hydrogens (primary N) is 1. The Morgan fingerprint density at radius 2 is 1.83 bits per heavy atom. The van der Waals surface area contributed by atoms with Crippen LogP contribution in [0.2, 0.25) is 10.0 Å². The summed E-state index contributed by atoms with van der Waals surface area (Å²) in [6, 6.07) is 11.4. The van der Waals surface area contributed by atoms with Crippen LogP contribution in [0.3, 0.4) is 0 Å². The molecule has 0 fully saturated rings. The topological polar surface area (TPSA) is 38.9 Å². The maximum Gasteiger partial charge on any atom is 0.126 e. The van der Waals surface area contributed by atoms with Crippen molar-refractivity contribution in [1.82, 2.24) is 4.98 Å². The van der Waals surface area contributed by atoms with Gasteiger partial charge in [-0.2, -0.15) is 0 Å². The quantitative estimate of drug-likeness (QED) is 0.652. The van der Waals surface area contributed by atoms with Crippen LogP contribution in [0, 0.1) is 0 Å². The van der Waals surface area contributed by atoms with Gasteiger partial charge in [0.1, 0.15) is 5.01 Å². The highest BCUT2D eigenvalue weighted by Crippen LogP contribution is 2.37. The van der Waals surface area contributed by atoms with E-state index < -0.39 is 0 Å². The number of nitrogens with zero attached hydrogens (tertiary/aromatic N) is 1. The molecule has 0 amide bonds. The lowest BCUT2D eigenvalue weighted by atomic mass is 10.2. The van der Waals surface area contributed by atoms with E-state index in [0.717, 1.165) is 20.8 Å². The molecule has 5 heteroatoms. The SMILES string of the molecule is Nc1cc(-c2nc3ccccc3s2)c(Cl)cc1Cl. The number of rotatable bonds is 1. The molecule has 0 unspecified atom stereocenters. The zero-order chi connectivity index (χ0) is 12.7. The monoisotopic (exact) mass is 294 g/mol. The van der Waals surface area contributed by atoms with Crippen LogP contribution >= 0.6 is 34.5 Å². The van der Waals surface area contributed by atoms with Crippen molar-refractivity contribution in [3.8, 4) is 10.6 Å². The van der Waals surface area contributed by atoms with Crippen molar-refractivity contribution in [2.24, 2.45) is 0 Å². The first kappa shape index (κ1) is 11.8. The Labute approximate surface area is 118 Å². The fraction of sp³-hybridized carbons (Fsp3) is 0. The molecule has 18 heavy (non-hydrogen) atoms. The molecule has 90 valence electrons. The van der Waals surface area contributed by atoms with Crippen molar-refractivity contribution in [3.05, 3.63) is 46.4 Å². The van der Waals surface area contributed by atoms with Gasteiger partial charge in [0.15, 0.2) is 0 Å². The number of nitrogen functional groups attached to an aromatic ring is 1. The summed E-state index contributed by atoms with van der Waals surface area (Å²) in [6.45, 7) is 0. The fourth-order valence-corrected chi connectivity index (χ4v) is 3.24. The fourth-order valence-electron chi connectivity index (χ4n) is 1.72. The van der Waals surface area contributed by atoms with E-state index in [9.17, 15) is 0 Å². The number of anilines is 1. The summed E-state index contributed by atoms with van der Waals surface area (Å²) in [5.41, 5.74) is 8.10. The maximum atomic E-state index is 6.19. The summed E-state index contributed by atoms with van der Waals surface area (Å²) in [6.07, 6.45) is 0. The summed E-state index contributed by atoms with van der Waals surface area (Å²) >= 11 is 13.7. The Balaban J connectivity index is 2.22. The molecular formula is C13H8Cl2N2S. The van der Waals surface area contributed by atoms with Crippen LogP contribution in [0.15, 0.2) is 36.4 Å². The lowest BCUT2D eigenvalue weighted by molar-refractivity contribution is 1.48. The molecule has 2 nitrogen and oxygen atoms in total. The molecule has 0 aliphatic carbocycles. The third kappa shape index (κ3) is 1.94. The van der Waals surface area contributed by atoms with E-state index in [-0.39, 0.29) is 0 Å². The minimum atomic E-state index is 0.463. The van der Waals surface area contributed by atoms with Crippen molar-refractivity contribution >= 4 is 50.4 Å². The molecule has 2 N–H and O–H groups in total. The summed E-state index contributed by atoms with van der Waals surface area (Å²) in [4.78, 5) is 4.55. The highest BCUT2D eigenvalue weighted by atomic mass is 35.5. The first-order valence-electron chi connectivity index (χ1n) is 5.25. The third-order valence-corrected chi connectivity index (χ3v) is 4.32. The van der Waals surface area contributed by atoms with Crippen LogP contribution in [0.5, 0.6) is 0 Å². The van der Waals surface area contributed by atoms with Crippen LogP contribution in [-0.4, -0.2) is 4.98 Å². The molecule has 3 aromatic rings. The van der Waals surface area contributed by atoms with Gasteiger partial charge < -0.3 is 5.73 Å². The summed E-state index contributed by atoms with van der Waals surface area (Å²) in [5.74, 6) is 0. The number of fused-ring (bicyclic) bond motifs is 1. The first-order chi connectivity index (χ1) is 8.65. The molecule has 0 spiro atoms. The Morgan fingerprint density at radius 3 is 2.61 bits per heavy atom. The van der Waals surface area contributed by atoms with Gasteiger partial charge in [0.2, 0.25) is 0 Å². The van der Waals surface area contributed by atoms with Crippen LogP contribution in [-0.2, 0) is 0 Å². The number of hydrogen-bond acceptors (Lipinski definition) is 3.